The third kappa shape index (κ3) is 2.97. The summed E-state index contributed by atoms with van der Waals surface area (Å²) in [6.07, 6.45) is 0.0955. The number of carboxylic acid groups (broad SMARTS) is 1. The van der Waals surface area contributed by atoms with Gasteiger partial charge in [-0.15, -0.1) is 0 Å². The third-order valence-corrected chi connectivity index (χ3v) is 2.10. The SMILES string of the molecule is COc1c(COC(C)C)cccc1C(=O)O. The molecule has 16 heavy (non-hydrogen) atoms. The summed E-state index contributed by atoms with van der Waals surface area (Å²) in [5.74, 6) is -0.626. The van der Waals surface area contributed by atoms with Gasteiger partial charge in [0.1, 0.15) is 11.3 Å². The van der Waals surface area contributed by atoms with Crippen molar-refractivity contribution >= 4 is 5.97 Å². The van der Waals surface area contributed by atoms with Crippen molar-refractivity contribution in [2.24, 2.45) is 0 Å². The first-order valence-corrected chi connectivity index (χ1v) is 5.07. The van der Waals surface area contributed by atoms with E-state index in [0.717, 1.165) is 5.56 Å². The molecule has 88 valence electrons. The van der Waals surface area contributed by atoms with Crippen molar-refractivity contribution in [3.05, 3.63) is 29.3 Å². The monoisotopic (exact) mass is 224 g/mol. The van der Waals surface area contributed by atoms with Crippen LogP contribution in [0.5, 0.6) is 5.75 Å². The molecular weight excluding hydrogens is 208 g/mol. The van der Waals surface area contributed by atoms with E-state index in [9.17, 15) is 4.79 Å². The zero-order valence-electron chi connectivity index (χ0n) is 9.69. The molecule has 1 rings (SSSR count). The predicted molar refractivity (Wildman–Crippen MR) is 59.9 cm³/mol. The Labute approximate surface area is 94.8 Å². The highest BCUT2D eigenvalue weighted by molar-refractivity contribution is 5.91. The lowest BCUT2D eigenvalue weighted by atomic mass is 10.1. The van der Waals surface area contributed by atoms with Gasteiger partial charge in [0.2, 0.25) is 0 Å². The average molecular weight is 224 g/mol. The maximum atomic E-state index is 11.0. The summed E-state index contributed by atoms with van der Waals surface area (Å²) in [4.78, 5) is 11.0. The number of methoxy groups -OCH3 is 1. The van der Waals surface area contributed by atoms with Crippen molar-refractivity contribution in [1.82, 2.24) is 0 Å². The summed E-state index contributed by atoms with van der Waals surface area (Å²) in [5, 5.41) is 8.98. The molecule has 0 saturated heterocycles. The lowest BCUT2D eigenvalue weighted by Crippen LogP contribution is -2.07. The molecule has 1 aromatic rings. The van der Waals surface area contributed by atoms with Gasteiger partial charge >= 0.3 is 5.97 Å². The Kier molecular flexibility index (Phi) is 4.31. The summed E-state index contributed by atoms with van der Waals surface area (Å²) in [7, 11) is 1.46. The van der Waals surface area contributed by atoms with E-state index >= 15 is 0 Å². The van der Waals surface area contributed by atoms with Crippen LogP contribution < -0.4 is 4.74 Å². The summed E-state index contributed by atoms with van der Waals surface area (Å²) in [5.41, 5.74) is 0.906. The van der Waals surface area contributed by atoms with E-state index in [1.54, 1.807) is 12.1 Å². The molecule has 0 aromatic heterocycles. The third-order valence-electron chi connectivity index (χ3n) is 2.10. The normalized spacial score (nSPS) is 10.5. The minimum Gasteiger partial charge on any atom is -0.495 e. The molecular formula is C12H16O4. The van der Waals surface area contributed by atoms with Gasteiger partial charge in [-0.2, -0.15) is 0 Å². The first-order chi connectivity index (χ1) is 7.56. The van der Waals surface area contributed by atoms with Crippen LogP contribution in [0.1, 0.15) is 29.8 Å². The fraction of sp³-hybridized carbons (Fsp3) is 0.417. The Balaban J connectivity index is 2.99. The molecule has 0 aliphatic rings. The van der Waals surface area contributed by atoms with Crippen molar-refractivity contribution in [3.63, 3.8) is 0 Å². The van der Waals surface area contributed by atoms with Gasteiger partial charge in [0.25, 0.3) is 0 Å². The first-order valence-electron chi connectivity index (χ1n) is 5.07. The van der Waals surface area contributed by atoms with Crippen molar-refractivity contribution in [1.29, 1.82) is 0 Å². The van der Waals surface area contributed by atoms with Crippen LogP contribution in [0.3, 0.4) is 0 Å². The van der Waals surface area contributed by atoms with Gasteiger partial charge in [0.05, 0.1) is 19.8 Å². The van der Waals surface area contributed by atoms with Gasteiger partial charge in [0, 0.05) is 5.56 Å². The Morgan fingerprint density at radius 3 is 2.62 bits per heavy atom. The highest BCUT2D eigenvalue weighted by Crippen LogP contribution is 2.24. The van der Waals surface area contributed by atoms with Crippen LogP contribution in [0.25, 0.3) is 0 Å². The summed E-state index contributed by atoms with van der Waals surface area (Å²) in [6, 6.07) is 5.00. The van der Waals surface area contributed by atoms with E-state index in [4.69, 9.17) is 14.6 Å². The second kappa shape index (κ2) is 5.51. The quantitative estimate of drug-likeness (QED) is 0.833. The Hall–Kier alpha value is -1.55. The Morgan fingerprint density at radius 2 is 2.12 bits per heavy atom. The smallest absolute Gasteiger partial charge is 0.339 e. The molecule has 0 saturated carbocycles. The summed E-state index contributed by atoms with van der Waals surface area (Å²) >= 11 is 0. The van der Waals surface area contributed by atoms with Crippen LogP contribution >= 0.6 is 0 Å². The topological polar surface area (TPSA) is 55.8 Å². The van der Waals surface area contributed by atoms with Crippen LogP contribution in [0, 0.1) is 0 Å². The van der Waals surface area contributed by atoms with Crippen LogP contribution in [-0.2, 0) is 11.3 Å². The number of hydrogen-bond donors (Lipinski definition) is 1. The van der Waals surface area contributed by atoms with Gasteiger partial charge in [-0.05, 0) is 19.9 Å². The van der Waals surface area contributed by atoms with E-state index in [0.29, 0.717) is 12.4 Å². The van der Waals surface area contributed by atoms with Crippen LogP contribution in [0.4, 0.5) is 0 Å². The molecule has 0 bridgehead atoms. The number of ether oxygens (including phenoxy) is 2. The highest BCUT2D eigenvalue weighted by atomic mass is 16.5. The summed E-state index contributed by atoms with van der Waals surface area (Å²) < 4.78 is 10.5. The molecule has 0 aliphatic heterocycles. The van der Waals surface area contributed by atoms with Gasteiger partial charge in [0.15, 0.2) is 0 Å². The minimum absolute atomic E-state index is 0.0955. The maximum Gasteiger partial charge on any atom is 0.339 e. The predicted octanol–water partition coefficient (Wildman–Crippen LogP) is 2.32. The molecule has 0 fully saturated rings. The minimum atomic E-state index is -0.997. The van der Waals surface area contributed by atoms with Crippen molar-refractivity contribution < 1.29 is 19.4 Å². The number of rotatable bonds is 5. The number of aromatic carboxylic acids is 1. The largest absolute Gasteiger partial charge is 0.495 e. The molecule has 4 heteroatoms. The number of benzene rings is 1. The Morgan fingerprint density at radius 1 is 1.44 bits per heavy atom. The van der Waals surface area contributed by atoms with Crippen LogP contribution in [0.15, 0.2) is 18.2 Å². The summed E-state index contributed by atoms with van der Waals surface area (Å²) in [6.45, 7) is 4.20. The first kappa shape index (κ1) is 12.5. The molecule has 0 spiro atoms. The molecule has 1 aromatic carbocycles. The zero-order valence-corrected chi connectivity index (χ0v) is 9.69. The second-order valence-corrected chi connectivity index (χ2v) is 3.66. The van der Waals surface area contributed by atoms with Gasteiger partial charge in [-0.25, -0.2) is 4.79 Å². The molecule has 0 amide bonds. The number of carbonyl (C=O) groups is 1. The van der Waals surface area contributed by atoms with E-state index in [-0.39, 0.29) is 11.7 Å². The fourth-order valence-electron chi connectivity index (χ4n) is 1.36. The molecule has 0 heterocycles. The molecule has 0 atom stereocenters. The molecule has 0 unspecified atom stereocenters. The van der Waals surface area contributed by atoms with E-state index in [1.807, 2.05) is 13.8 Å². The number of hydrogen-bond acceptors (Lipinski definition) is 3. The lowest BCUT2D eigenvalue weighted by molar-refractivity contribution is 0.0637. The highest BCUT2D eigenvalue weighted by Gasteiger charge is 2.14. The molecule has 1 N–H and O–H groups in total. The van der Waals surface area contributed by atoms with Crippen LogP contribution in [0.2, 0.25) is 0 Å². The lowest BCUT2D eigenvalue weighted by Gasteiger charge is -2.13. The zero-order chi connectivity index (χ0) is 12.1. The van der Waals surface area contributed by atoms with Crippen LogP contribution in [-0.4, -0.2) is 24.3 Å². The Bertz CT molecular complexity index is 371. The molecule has 0 aliphatic carbocycles. The second-order valence-electron chi connectivity index (χ2n) is 3.66. The van der Waals surface area contributed by atoms with Crippen molar-refractivity contribution in [2.45, 2.75) is 26.6 Å². The van der Waals surface area contributed by atoms with E-state index in [2.05, 4.69) is 0 Å². The van der Waals surface area contributed by atoms with Crippen molar-refractivity contribution in [2.75, 3.05) is 7.11 Å². The average Bonchev–Trinajstić information content (AvgIpc) is 2.25. The standard InChI is InChI=1S/C12H16O4/c1-8(2)16-7-9-5-4-6-10(12(13)14)11(9)15-3/h4-6,8H,7H2,1-3H3,(H,13,14). The van der Waals surface area contributed by atoms with Gasteiger partial charge in [-0.1, -0.05) is 12.1 Å². The van der Waals surface area contributed by atoms with E-state index < -0.39 is 5.97 Å². The van der Waals surface area contributed by atoms with E-state index in [1.165, 1.54) is 13.2 Å². The molecule has 4 nitrogen and oxygen atoms in total. The van der Waals surface area contributed by atoms with Gasteiger partial charge < -0.3 is 14.6 Å². The molecule has 0 radical (unpaired) electrons. The maximum absolute atomic E-state index is 11.0. The number of carboxylic acids is 1. The number of para-hydroxylation sites is 1. The van der Waals surface area contributed by atoms with Crippen molar-refractivity contribution in [3.8, 4) is 5.75 Å². The fourth-order valence-corrected chi connectivity index (χ4v) is 1.36. The van der Waals surface area contributed by atoms with Gasteiger partial charge in [-0.3, -0.25) is 0 Å².